The summed E-state index contributed by atoms with van der Waals surface area (Å²) in [6.45, 7) is -0.0123. The van der Waals surface area contributed by atoms with Crippen molar-refractivity contribution in [3.8, 4) is 11.6 Å². The molecule has 0 radical (unpaired) electrons. The van der Waals surface area contributed by atoms with Gasteiger partial charge in [0.1, 0.15) is 18.0 Å². The number of carbonyl (C=O) groups excluding carboxylic acids is 1. The Morgan fingerprint density at radius 2 is 2.10 bits per heavy atom. The number of ether oxygens (including phenoxy) is 3. The van der Waals surface area contributed by atoms with Crippen LogP contribution < -0.4 is 9.47 Å². The third-order valence-corrected chi connectivity index (χ3v) is 5.45. The summed E-state index contributed by atoms with van der Waals surface area (Å²) < 4.78 is 57.5. The molecule has 0 saturated carbocycles. The summed E-state index contributed by atoms with van der Waals surface area (Å²) in [5, 5.41) is 5.72. The van der Waals surface area contributed by atoms with Crippen molar-refractivity contribution >= 4 is 17.2 Å². The Morgan fingerprint density at radius 1 is 1.32 bits per heavy atom. The molecule has 0 amide bonds. The zero-order chi connectivity index (χ0) is 22.0. The number of carbonyl (C=O) groups is 1. The highest BCUT2D eigenvalue weighted by molar-refractivity contribution is 7.07. The molecule has 2 unspecified atom stereocenters. The minimum absolute atomic E-state index is 0.0238. The molecule has 1 aromatic carbocycles. The van der Waals surface area contributed by atoms with Crippen molar-refractivity contribution in [2.24, 2.45) is 0 Å². The summed E-state index contributed by atoms with van der Waals surface area (Å²) in [6, 6.07) is 9.13. The largest absolute Gasteiger partial charge is 0.490 e. The molecular formula is C20H18F3N3O4S. The van der Waals surface area contributed by atoms with Gasteiger partial charge in [-0.2, -0.15) is 23.0 Å². The molecule has 1 aliphatic rings. The van der Waals surface area contributed by atoms with Crippen LogP contribution in [0.1, 0.15) is 34.1 Å². The molecule has 3 heterocycles. The smallest absolute Gasteiger partial charge is 0.415 e. The summed E-state index contributed by atoms with van der Waals surface area (Å²) >= 11 is 1.21. The molecule has 0 N–H and O–H groups in total. The van der Waals surface area contributed by atoms with Gasteiger partial charge in [-0.05, 0) is 12.0 Å². The van der Waals surface area contributed by atoms with Gasteiger partial charge in [0.05, 0.1) is 12.6 Å². The van der Waals surface area contributed by atoms with Gasteiger partial charge in [-0.15, -0.1) is 11.3 Å². The lowest BCUT2D eigenvalue weighted by Crippen LogP contribution is -2.33. The van der Waals surface area contributed by atoms with Crippen LogP contribution in [0.4, 0.5) is 13.2 Å². The Morgan fingerprint density at radius 3 is 2.74 bits per heavy atom. The Balaban J connectivity index is 1.76. The molecule has 0 bridgehead atoms. The molecule has 7 nitrogen and oxygen atoms in total. The lowest BCUT2D eigenvalue weighted by Gasteiger charge is -2.20. The van der Waals surface area contributed by atoms with Crippen LogP contribution >= 0.6 is 11.3 Å². The second kappa shape index (κ2) is 8.67. The Labute approximate surface area is 179 Å². The number of benzene rings is 1. The summed E-state index contributed by atoms with van der Waals surface area (Å²) in [7, 11) is 1.30. The minimum atomic E-state index is -4.58. The standard InChI is InChI=1S/C20H18F3N3O4S/c1-28-16-15(13-7-8-29-17(13)20(21,22)23)25-26(18(27)14-10-31-11-24-14)19(16)30-9-12-5-3-2-4-6-12/h2-6,10-11,13,17H,7-9H2,1H3. The van der Waals surface area contributed by atoms with E-state index in [1.54, 1.807) is 0 Å². The normalized spacial score (nSPS) is 18.8. The molecular weight excluding hydrogens is 435 g/mol. The fourth-order valence-corrected chi connectivity index (χ4v) is 3.97. The fourth-order valence-electron chi connectivity index (χ4n) is 3.45. The first kappa shape index (κ1) is 21.3. The highest BCUT2D eigenvalue weighted by Crippen LogP contribution is 2.46. The average molecular weight is 453 g/mol. The zero-order valence-corrected chi connectivity index (χ0v) is 17.2. The van der Waals surface area contributed by atoms with Gasteiger partial charge in [0, 0.05) is 17.9 Å². The molecule has 1 aliphatic heterocycles. The van der Waals surface area contributed by atoms with E-state index in [1.807, 2.05) is 30.3 Å². The molecule has 0 aliphatic carbocycles. The van der Waals surface area contributed by atoms with Crippen molar-refractivity contribution in [3.05, 3.63) is 58.2 Å². The van der Waals surface area contributed by atoms with Gasteiger partial charge in [0.15, 0.2) is 6.10 Å². The zero-order valence-electron chi connectivity index (χ0n) is 16.3. The Bertz CT molecular complexity index is 1040. The van der Waals surface area contributed by atoms with Gasteiger partial charge >= 0.3 is 12.1 Å². The summed E-state index contributed by atoms with van der Waals surface area (Å²) in [4.78, 5) is 16.9. The van der Waals surface area contributed by atoms with Crippen molar-refractivity contribution in [1.29, 1.82) is 0 Å². The van der Waals surface area contributed by atoms with E-state index in [2.05, 4.69) is 10.1 Å². The van der Waals surface area contributed by atoms with E-state index >= 15 is 0 Å². The molecule has 31 heavy (non-hydrogen) atoms. The number of halogens is 3. The van der Waals surface area contributed by atoms with Crippen LogP contribution in [0.5, 0.6) is 11.6 Å². The molecule has 164 valence electrons. The first-order valence-corrected chi connectivity index (χ1v) is 10.3. The van der Waals surface area contributed by atoms with Crippen molar-refractivity contribution < 1.29 is 32.2 Å². The van der Waals surface area contributed by atoms with Gasteiger partial charge in [-0.25, -0.2) is 4.98 Å². The number of hydrogen-bond donors (Lipinski definition) is 0. The molecule has 2 atom stereocenters. The van der Waals surface area contributed by atoms with Crippen LogP contribution in [-0.4, -0.2) is 46.7 Å². The van der Waals surface area contributed by atoms with E-state index in [-0.39, 0.29) is 42.7 Å². The minimum Gasteiger partial charge on any atom is -0.490 e. The number of methoxy groups -OCH3 is 1. The molecule has 2 aromatic heterocycles. The lowest BCUT2D eigenvalue weighted by molar-refractivity contribution is -0.210. The molecule has 1 fully saturated rings. The first-order valence-electron chi connectivity index (χ1n) is 9.35. The van der Waals surface area contributed by atoms with E-state index in [4.69, 9.17) is 14.2 Å². The van der Waals surface area contributed by atoms with Crippen LogP contribution in [0, 0.1) is 0 Å². The van der Waals surface area contributed by atoms with Crippen molar-refractivity contribution in [1.82, 2.24) is 14.8 Å². The maximum Gasteiger partial charge on any atom is 0.415 e. The lowest BCUT2D eigenvalue weighted by atomic mass is 9.96. The van der Waals surface area contributed by atoms with Gasteiger partial charge in [-0.1, -0.05) is 30.3 Å². The molecule has 3 aromatic rings. The van der Waals surface area contributed by atoms with Crippen LogP contribution in [0.15, 0.2) is 41.2 Å². The SMILES string of the molecule is COc1c(C2CCOC2C(F)(F)F)nn(C(=O)c2cscn2)c1OCc1ccccc1. The Kier molecular flexibility index (Phi) is 5.96. The van der Waals surface area contributed by atoms with Crippen LogP contribution in [-0.2, 0) is 11.3 Å². The van der Waals surface area contributed by atoms with Crippen molar-refractivity contribution in [2.45, 2.75) is 31.2 Å². The molecule has 4 rings (SSSR count). The maximum absolute atomic E-state index is 13.5. The van der Waals surface area contributed by atoms with E-state index in [9.17, 15) is 18.0 Å². The number of hydrogen-bond acceptors (Lipinski definition) is 7. The maximum atomic E-state index is 13.5. The highest BCUT2D eigenvalue weighted by atomic mass is 32.1. The van der Waals surface area contributed by atoms with Crippen molar-refractivity contribution in [3.63, 3.8) is 0 Å². The number of nitrogens with zero attached hydrogens (tertiary/aromatic N) is 3. The van der Waals surface area contributed by atoms with Crippen molar-refractivity contribution in [2.75, 3.05) is 13.7 Å². The molecule has 11 heteroatoms. The predicted molar refractivity (Wildman–Crippen MR) is 105 cm³/mol. The number of alkyl halides is 3. The topological polar surface area (TPSA) is 75.5 Å². The summed E-state index contributed by atoms with van der Waals surface area (Å²) in [6.07, 6.45) is -6.54. The summed E-state index contributed by atoms with van der Waals surface area (Å²) in [5.74, 6) is -1.86. The van der Waals surface area contributed by atoms with E-state index in [0.29, 0.717) is 0 Å². The first-order chi connectivity index (χ1) is 14.9. The predicted octanol–water partition coefficient (Wildman–Crippen LogP) is 4.05. The number of rotatable bonds is 6. The van der Waals surface area contributed by atoms with E-state index in [0.717, 1.165) is 10.2 Å². The number of thiazole rings is 1. The van der Waals surface area contributed by atoms with Crippen LogP contribution in [0.3, 0.4) is 0 Å². The van der Waals surface area contributed by atoms with Gasteiger partial charge in [0.2, 0.25) is 5.75 Å². The average Bonchev–Trinajstić information content (AvgIpc) is 3.51. The molecule has 0 spiro atoms. The second-order valence-corrected chi connectivity index (χ2v) is 7.54. The highest BCUT2D eigenvalue weighted by Gasteiger charge is 2.51. The van der Waals surface area contributed by atoms with Gasteiger partial charge in [-0.3, -0.25) is 4.79 Å². The number of aromatic nitrogens is 3. The van der Waals surface area contributed by atoms with Gasteiger partial charge < -0.3 is 14.2 Å². The van der Waals surface area contributed by atoms with Gasteiger partial charge in [0.25, 0.3) is 5.88 Å². The molecule has 1 saturated heterocycles. The fraction of sp³-hybridized carbons (Fsp3) is 0.350. The third kappa shape index (κ3) is 4.28. The summed E-state index contributed by atoms with van der Waals surface area (Å²) in [5.41, 5.74) is 2.34. The monoisotopic (exact) mass is 453 g/mol. The Hall–Kier alpha value is -2.92. The van der Waals surface area contributed by atoms with E-state index in [1.165, 1.54) is 29.3 Å². The van der Waals surface area contributed by atoms with E-state index < -0.39 is 24.1 Å². The second-order valence-electron chi connectivity index (χ2n) is 6.82. The van der Waals surface area contributed by atoms with Crippen LogP contribution in [0.25, 0.3) is 0 Å². The third-order valence-electron chi connectivity index (χ3n) is 4.86. The quantitative estimate of drug-likeness (QED) is 0.561. The van der Waals surface area contributed by atoms with Crippen LogP contribution in [0.2, 0.25) is 0 Å².